The van der Waals surface area contributed by atoms with Gasteiger partial charge in [0.05, 0.1) is 27.7 Å². The predicted octanol–water partition coefficient (Wildman–Crippen LogP) is 1.83. The Balaban J connectivity index is 0. The molecule has 0 saturated heterocycles. The standard InChI is InChI=1S/C29H4.C8H20NO4PS/c1-3-5-7-9-11-13-15-17-19-21-23-25-27-29-28-26-24-22-20-18-16-14-12-10-8-6-4-2;1-9(2,3)5-7-13-14(10,11)12-6-4-8-15/h1H,2H3;4-8H2,1-3H3,(H-,10,11,15)/p+1. The number of thiol groups is 1. The number of phosphoric acid groups is 1. The maximum Gasteiger partial charge on any atom is 0.472 e. The molecule has 0 spiro atoms. The molecule has 1 unspecified atom stereocenters. The third-order valence-corrected chi connectivity index (χ3v) is 4.60. The van der Waals surface area contributed by atoms with E-state index in [1.165, 1.54) is 0 Å². The van der Waals surface area contributed by atoms with Crippen LogP contribution in [0.2, 0.25) is 0 Å². The van der Waals surface area contributed by atoms with Crippen molar-refractivity contribution in [2.45, 2.75) is 13.3 Å². The molecule has 0 aromatic rings. The molecule has 0 rings (SSSR count). The predicted molar refractivity (Wildman–Crippen MR) is 179 cm³/mol. The number of rotatable bonds is 8. The van der Waals surface area contributed by atoms with Crippen LogP contribution < -0.4 is 0 Å². The zero-order valence-corrected chi connectivity index (χ0v) is 26.4. The summed E-state index contributed by atoms with van der Waals surface area (Å²) in [4.78, 5) is 9.22. The first-order valence-corrected chi connectivity index (χ1v) is 14.2. The third kappa shape index (κ3) is 38.4. The van der Waals surface area contributed by atoms with Gasteiger partial charge in [-0.1, -0.05) is 5.92 Å². The lowest BCUT2D eigenvalue weighted by Gasteiger charge is -2.23. The van der Waals surface area contributed by atoms with Crippen molar-refractivity contribution in [2.24, 2.45) is 0 Å². The highest BCUT2D eigenvalue weighted by molar-refractivity contribution is 7.80. The van der Waals surface area contributed by atoms with Gasteiger partial charge < -0.3 is 9.38 Å². The Kier molecular flexibility index (Phi) is 27.8. The van der Waals surface area contributed by atoms with Gasteiger partial charge in [0.25, 0.3) is 0 Å². The van der Waals surface area contributed by atoms with Crippen molar-refractivity contribution in [1.29, 1.82) is 0 Å². The molecule has 0 radical (unpaired) electrons. The van der Waals surface area contributed by atoms with Crippen LogP contribution in [-0.4, -0.2) is 56.0 Å². The summed E-state index contributed by atoms with van der Waals surface area (Å²) in [6.45, 7) is 2.75. The van der Waals surface area contributed by atoms with Gasteiger partial charge >= 0.3 is 7.82 Å². The lowest BCUT2D eigenvalue weighted by Crippen LogP contribution is -2.37. The Hall–Kier alpha value is -5.74. The molecule has 1 N–H and O–H groups in total. The van der Waals surface area contributed by atoms with Gasteiger partial charge in [-0.3, -0.25) is 9.05 Å². The van der Waals surface area contributed by atoms with E-state index in [9.17, 15) is 9.46 Å². The summed E-state index contributed by atoms with van der Waals surface area (Å²) in [7, 11) is 2.09. The summed E-state index contributed by atoms with van der Waals surface area (Å²) in [5, 5.41) is 0. The zero-order chi connectivity index (χ0) is 33.0. The second kappa shape index (κ2) is 30.2. The normalized spacial score (nSPS) is 8.11. The van der Waals surface area contributed by atoms with E-state index in [2.05, 4.69) is 172 Å². The first-order valence-electron chi connectivity index (χ1n) is 12.1. The molecule has 0 aliphatic carbocycles. The van der Waals surface area contributed by atoms with Gasteiger partial charge in [0, 0.05) is 59.2 Å². The van der Waals surface area contributed by atoms with Crippen LogP contribution >= 0.6 is 20.5 Å². The molecule has 0 amide bonds. The molecule has 0 bridgehead atoms. The molecule has 212 valence electrons. The van der Waals surface area contributed by atoms with Crippen LogP contribution in [0.4, 0.5) is 0 Å². The van der Waals surface area contributed by atoms with E-state index in [0.717, 1.165) is 0 Å². The highest BCUT2D eigenvalue weighted by Crippen LogP contribution is 2.43. The van der Waals surface area contributed by atoms with Crippen LogP contribution in [0, 0.1) is 166 Å². The van der Waals surface area contributed by atoms with Crippen molar-refractivity contribution in [3.05, 3.63) is 0 Å². The highest BCUT2D eigenvalue weighted by atomic mass is 32.1. The molecule has 0 aliphatic rings. The van der Waals surface area contributed by atoms with E-state index in [4.69, 9.17) is 15.5 Å². The number of quaternary nitrogens is 1. The summed E-state index contributed by atoms with van der Waals surface area (Å²) < 4.78 is 21.4. The molecular formula is C37H25NO4PS+. The third-order valence-electron chi connectivity index (χ3n) is 3.27. The largest absolute Gasteiger partial charge is 0.472 e. The van der Waals surface area contributed by atoms with Crippen LogP contribution in [0.15, 0.2) is 0 Å². The summed E-state index contributed by atoms with van der Waals surface area (Å²) >= 11 is 3.96. The molecule has 0 aromatic heterocycles. The first-order chi connectivity index (χ1) is 21.2. The quantitative estimate of drug-likeness (QED) is 0.145. The van der Waals surface area contributed by atoms with Crippen LogP contribution in [0.1, 0.15) is 13.3 Å². The fourth-order valence-electron chi connectivity index (χ4n) is 1.53. The van der Waals surface area contributed by atoms with E-state index in [1.807, 2.05) is 21.1 Å². The summed E-state index contributed by atoms with van der Waals surface area (Å²) in [5.74, 6) is 67.5. The molecule has 5 nitrogen and oxygen atoms in total. The molecule has 1 atom stereocenters. The molecule has 0 aliphatic heterocycles. The molecule has 44 heavy (non-hydrogen) atoms. The summed E-state index contributed by atoms with van der Waals surface area (Å²) in [6, 6.07) is 0. The van der Waals surface area contributed by atoms with E-state index in [0.29, 0.717) is 23.2 Å². The van der Waals surface area contributed by atoms with Crippen molar-refractivity contribution in [1.82, 2.24) is 0 Å². The van der Waals surface area contributed by atoms with Crippen molar-refractivity contribution in [2.75, 3.05) is 46.7 Å². The van der Waals surface area contributed by atoms with Crippen molar-refractivity contribution in [3.8, 4) is 166 Å². The number of terminal acetylenes is 1. The minimum absolute atomic E-state index is 0.196. The van der Waals surface area contributed by atoms with Gasteiger partial charge in [0.2, 0.25) is 0 Å². The monoisotopic (exact) mass is 610 g/mol. The molecule has 7 heteroatoms. The minimum Gasteiger partial charge on any atom is -0.329 e. The van der Waals surface area contributed by atoms with Crippen LogP contribution in [0.5, 0.6) is 0 Å². The van der Waals surface area contributed by atoms with Gasteiger partial charge in [-0.15, -0.1) is 6.42 Å². The molecular weight excluding hydrogens is 585 g/mol. The average Bonchev–Trinajstić information content (AvgIpc) is 2.97. The van der Waals surface area contributed by atoms with Crippen molar-refractivity contribution < 1.29 is 23.0 Å². The first kappa shape index (κ1) is 40.4. The maximum atomic E-state index is 11.3. The van der Waals surface area contributed by atoms with Crippen LogP contribution in [0.3, 0.4) is 0 Å². The lowest BCUT2D eigenvalue weighted by molar-refractivity contribution is -0.870. The highest BCUT2D eigenvalue weighted by Gasteiger charge is 2.21. The lowest BCUT2D eigenvalue weighted by atomic mass is 10.4. The SMILES string of the molecule is C#CC#CC#CC#CC#CC#CC#CC#CC#CC#CC#CC#CC#CC#CC.C[N+](C)(C)CCOP(=O)(O)OCCCS. The molecule has 0 fully saturated rings. The zero-order valence-electron chi connectivity index (χ0n) is 24.6. The van der Waals surface area contributed by atoms with E-state index in [1.54, 1.807) is 6.92 Å². The Bertz CT molecular complexity index is 1930. The van der Waals surface area contributed by atoms with E-state index in [-0.39, 0.29) is 13.2 Å². The maximum absolute atomic E-state index is 11.3. The van der Waals surface area contributed by atoms with Gasteiger partial charge in [-0.25, -0.2) is 4.57 Å². The molecule has 0 saturated carbocycles. The fourth-order valence-corrected chi connectivity index (χ4v) is 2.40. The number of nitrogens with zero attached hydrogens (tertiary/aromatic N) is 1. The number of hydrogen-bond acceptors (Lipinski definition) is 4. The summed E-state index contributed by atoms with van der Waals surface area (Å²) in [6.07, 6.45) is 5.55. The Morgan fingerprint density at radius 2 is 0.886 bits per heavy atom. The number of likely N-dealkylation sites (N-methyl/N-ethyl adjacent to an activating group) is 1. The Morgan fingerprint density at radius 1 is 0.591 bits per heavy atom. The van der Waals surface area contributed by atoms with Gasteiger partial charge in [-0.2, -0.15) is 12.6 Å². The second-order valence-electron chi connectivity index (χ2n) is 7.75. The van der Waals surface area contributed by atoms with Crippen molar-refractivity contribution >= 4 is 20.5 Å². The van der Waals surface area contributed by atoms with Gasteiger partial charge in [-0.05, 0) is 114 Å². The van der Waals surface area contributed by atoms with E-state index >= 15 is 0 Å². The fraction of sp³-hybridized carbons (Fsp3) is 0.243. The molecule has 0 heterocycles. The Labute approximate surface area is 269 Å². The minimum atomic E-state index is -3.85. The Morgan fingerprint density at radius 3 is 1.16 bits per heavy atom. The van der Waals surface area contributed by atoms with Gasteiger partial charge in [0.15, 0.2) is 0 Å². The van der Waals surface area contributed by atoms with Crippen LogP contribution in [0.25, 0.3) is 0 Å². The number of hydrogen-bond donors (Lipinski definition) is 2. The smallest absolute Gasteiger partial charge is 0.329 e. The summed E-state index contributed by atoms with van der Waals surface area (Å²) in [5.41, 5.74) is 0. The molecule has 0 aromatic carbocycles. The van der Waals surface area contributed by atoms with Crippen LogP contribution in [-0.2, 0) is 13.6 Å². The topological polar surface area (TPSA) is 55.8 Å². The second-order valence-corrected chi connectivity index (χ2v) is 9.65. The number of phosphoric ester groups is 1. The van der Waals surface area contributed by atoms with Crippen molar-refractivity contribution in [3.63, 3.8) is 0 Å². The van der Waals surface area contributed by atoms with E-state index < -0.39 is 7.82 Å². The van der Waals surface area contributed by atoms with Gasteiger partial charge in [0.1, 0.15) is 13.2 Å². The average molecular weight is 611 g/mol.